The molecule has 1 N–H and O–H groups in total. The molecule has 9 nitrogen and oxygen atoms in total. The number of sulfonamides is 1. The first-order chi connectivity index (χ1) is 13.7. The van der Waals surface area contributed by atoms with Crippen molar-refractivity contribution in [2.75, 3.05) is 39.5 Å². The maximum absolute atomic E-state index is 12.4. The average Bonchev–Trinajstić information content (AvgIpc) is 2.93. The van der Waals surface area contributed by atoms with Gasteiger partial charge in [-0.05, 0) is 26.0 Å². The Hall–Kier alpha value is -2.59. The van der Waals surface area contributed by atoms with Crippen molar-refractivity contribution in [1.82, 2.24) is 9.62 Å². The highest BCUT2D eigenvalue weighted by atomic mass is 32.2. The summed E-state index contributed by atoms with van der Waals surface area (Å²) in [6.07, 6.45) is 0.696. The summed E-state index contributed by atoms with van der Waals surface area (Å²) < 4.78 is 42.8. The summed E-state index contributed by atoms with van der Waals surface area (Å²) in [4.78, 5) is 25.3. The van der Waals surface area contributed by atoms with Crippen LogP contribution in [0.3, 0.4) is 0 Å². The lowest BCUT2D eigenvalue weighted by Crippen LogP contribution is -2.37. The lowest BCUT2D eigenvalue weighted by atomic mass is 10.3. The minimum Gasteiger partial charge on any atom is -0.490 e. The number of hydrogen-bond acceptors (Lipinski definition) is 7. The highest BCUT2D eigenvalue weighted by molar-refractivity contribution is 7.89. The standard InChI is InChI=1S/C19H26N2O7S/c1-4-21(12-14(2)3)18(22)13-28-19(23)11-20-29(24,25)15-6-7-16-17(10-15)27-9-5-8-26-16/h6-7,10,20H,2,4-5,8-9,11-13H2,1,3H3. The topological polar surface area (TPSA) is 111 Å². The molecule has 0 aliphatic carbocycles. The van der Waals surface area contributed by atoms with Gasteiger partial charge in [0.1, 0.15) is 6.54 Å². The van der Waals surface area contributed by atoms with Gasteiger partial charge in [-0.2, -0.15) is 4.72 Å². The Bertz CT molecular complexity index is 867. The van der Waals surface area contributed by atoms with Gasteiger partial charge in [-0.15, -0.1) is 0 Å². The summed E-state index contributed by atoms with van der Waals surface area (Å²) in [7, 11) is -3.97. The van der Waals surface area contributed by atoms with Gasteiger partial charge >= 0.3 is 5.97 Å². The van der Waals surface area contributed by atoms with Crippen molar-refractivity contribution in [2.24, 2.45) is 0 Å². The number of likely N-dealkylation sites (N-methyl/N-ethyl adjacent to an activating group) is 1. The molecular formula is C19H26N2O7S. The van der Waals surface area contributed by atoms with Gasteiger partial charge in [-0.1, -0.05) is 12.2 Å². The third-order valence-electron chi connectivity index (χ3n) is 3.99. The smallest absolute Gasteiger partial charge is 0.321 e. The van der Waals surface area contributed by atoms with E-state index < -0.39 is 29.1 Å². The number of carbonyl (C=O) groups is 2. The van der Waals surface area contributed by atoms with E-state index >= 15 is 0 Å². The molecule has 1 aliphatic heterocycles. The monoisotopic (exact) mass is 426 g/mol. The van der Waals surface area contributed by atoms with E-state index in [0.29, 0.717) is 44.2 Å². The van der Waals surface area contributed by atoms with Crippen LogP contribution in [-0.2, 0) is 24.3 Å². The largest absolute Gasteiger partial charge is 0.490 e. The first-order valence-electron chi connectivity index (χ1n) is 9.20. The Morgan fingerprint density at radius 3 is 2.59 bits per heavy atom. The fourth-order valence-corrected chi connectivity index (χ4v) is 3.52. The summed E-state index contributed by atoms with van der Waals surface area (Å²) >= 11 is 0. The van der Waals surface area contributed by atoms with Crippen molar-refractivity contribution >= 4 is 21.9 Å². The van der Waals surface area contributed by atoms with Gasteiger partial charge in [0.05, 0.1) is 18.1 Å². The number of benzene rings is 1. The molecule has 2 rings (SSSR count). The summed E-state index contributed by atoms with van der Waals surface area (Å²) in [6.45, 7) is 7.98. The fourth-order valence-electron chi connectivity index (χ4n) is 2.53. The number of carbonyl (C=O) groups excluding carboxylic acids is 2. The molecule has 0 saturated heterocycles. The van der Waals surface area contributed by atoms with Crippen LogP contribution in [0.25, 0.3) is 0 Å². The molecule has 1 aromatic carbocycles. The number of nitrogens with zero attached hydrogens (tertiary/aromatic N) is 1. The van der Waals surface area contributed by atoms with E-state index in [1.807, 2.05) is 0 Å². The van der Waals surface area contributed by atoms with Crippen molar-refractivity contribution in [3.05, 3.63) is 30.4 Å². The van der Waals surface area contributed by atoms with E-state index in [4.69, 9.17) is 14.2 Å². The number of nitrogens with one attached hydrogen (secondary N) is 1. The van der Waals surface area contributed by atoms with Crippen LogP contribution in [-0.4, -0.2) is 64.6 Å². The highest BCUT2D eigenvalue weighted by Crippen LogP contribution is 2.31. The van der Waals surface area contributed by atoms with Crippen molar-refractivity contribution < 1.29 is 32.2 Å². The number of fused-ring (bicyclic) bond motifs is 1. The quantitative estimate of drug-likeness (QED) is 0.465. The van der Waals surface area contributed by atoms with Crippen LogP contribution in [0.4, 0.5) is 0 Å². The second-order valence-electron chi connectivity index (χ2n) is 6.51. The van der Waals surface area contributed by atoms with Crippen LogP contribution in [0.2, 0.25) is 0 Å². The Morgan fingerprint density at radius 1 is 1.24 bits per heavy atom. The maximum Gasteiger partial charge on any atom is 0.321 e. The van der Waals surface area contributed by atoms with E-state index in [1.54, 1.807) is 13.8 Å². The average molecular weight is 426 g/mol. The summed E-state index contributed by atoms with van der Waals surface area (Å²) in [6, 6.07) is 4.21. The predicted molar refractivity (Wildman–Crippen MR) is 105 cm³/mol. The molecular weight excluding hydrogens is 400 g/mol. The summed E-state index contributed by atoms with van der Waals surface area (Å²) in [5.41, 5.74) is 0.800. The molecule has 0 radical (unpaired) electrons. The van der Waals surface area contributed by atoms with E-state index in [9.17, 15) is 18.0 Å². The number of esters is 1. The molecule has 1 aromatic rings. The van der Waals surface area contributed by atoms with E-state index in [0.717, 1.165) is 5.57 Å². The van der Waals surface area contributed by atoms with Crippen LogP contribution >= 0.6 is 0 Å². The second kappa shape index (κ2) is 10.3. The van der Waals surface area contributed by atoms with Crippen molar-refractivity contribution in [1.29, 1.82) is 0 Å². The van der Waals surface area contributed by atoms with Gasteiger partial charge in [0.25, 0.3) is 5.91 Å². The molecule has 1 aliphatic rings. The predicted octanol–water partition coefficient (Wildman–Crippen LogP) is 1.09. The molecule has 0 unspecified atom stereocenters. The third kappa shape index (κ3) is 6.75. The SMILES string of the molecule is C=C(C)CN(CC)C(=O)COC(=O)CNS(=O)(=O)c1ccc2c(c1)OCCCO2. The molecule has 1 heterocycles. The van der Waals surface area contributed by atoms with Crippen LogP contribution in [0, 0.1) is 0 Å². The molecule has 0 fully saturated rings. The fraction of sp³-hybridized carbons (Fsp3) is 0.474. The second-order valence-corrected chi connectivity index (χ2v) is 8.28. The van der Waals surface area contributed by atoms with E-state index in [2.05, 4.69) is 11.3 Å². The molecule has 0 aromatic heterocycles. The molecule has 160 valence electrons. The number of hydrogen-bond donors (Lipinski definition) is 1. The lowest BCUT2D eigenvalue weighted by Gasteiger charge is -2.20. The summed E-state index contributed by atoms with van der Waals surface area (Å²) in [5.74, 6) is -0.442. The van der Waals surface area contributed by atoms with Gasteiger partial charge in [-0.3, -0.25) is 9.59 Å². The van der Waals surface area contributed by atoms with Gasteiger partial charge in [0.2, 0.25) is 10.0 Å². The zero-order valence-corrected chi connectivity index (χ0v) is 17.4. The van der Waals surface area contributed by atoms with Crippen LogP contribution in [0.5, 0.6) is 11.5 Å². The molecule has 0 spiro atoms. The number of rotatable bonds is 9. The number of amides is 1. The van der Waals surface area contributed by atoms with Crippen molar-refractivity contribution in [3.8, 4) is 11.5 Å². The Labute approximate surface area is 170 Å². The normalized spacial score (nSPS) is 13.3. The van der Waals surface area contributed by atoms with Crippen LogP contribution in [0.15, 0.2) is 35.2 Å². The molecule has 0 bridgehead atoms. The minimum atomic E-state index is -3.97. The highest BCUT2D eigenvalue weighted by Gasteiger charge is 2.21. The zero-order chi connectivity index (χ0) is 21.4. The van der Waals surface area contributed by atoms with Gasteiger partial charge in [-0.25, -0.2) is 8.42 Å². The van der Waals surface area contributed by atoms with Crippen molar-refractivity contribution in [3.63, 3.8) is 0 Å². The first kappa shape index (κ1) is 22.7. The lowest BCUT2D eigenvalue weighted by molar-refractivity contribution is -0.150. The Balaban J connectivity index is 1.89. The number of ether oxygens (including phenoxy) is 3. The van der Waals surface area contributed by atoms with Gasteiger partial charge in [0.15, 0.2) is 18.1 Å². The molecule has 1 amide bonds. The molecule has 29 heavy (non-hydrogen) atoms. The Kier molecular flexibility index (Phi) is 8.03. The minimum absolute atomic E-state index is 0.0655. The van der Waals surface area contributed by atoms with E-state index in [-0.39, 0.29) is 10.8 Å². The summed E-state index contributed by atoms with van der Waals surface area (Å²) in [5, 5.41) is 0. The van der Waals surface area contributed by atoms with Gasteiger partial charge in [0, 0.05) is 25.6 Å². The van der Waals surface area contributed by atoms with Gasteiger partial charge < -0.3 is 19.1 Å². The van der Waals surface area contributed by atoms with E-state index in [1.165, 1.54) is 23.1 Å². The van der Waals surface area contributed by atoms with Crippen LogP contribution in [0.1, 0.15) is 20.3 Å². The Morgan fingerprint density at radius 2 is 1.93 bits per heavy atom. The first-order valence-corrected chi connectivity index (χ1v) is 10.7. The van der Waals surface area contributed by atoms with Crippen molar-refractivity contribution in [2.45, 2.75) is 25.2 Å². The maximum atomic E-state index is 12.4. The third-order valence-corrected chi connectivity index (χ3v) is 5.39. The zero-order valence-electron chi connectivity index (χ0n) is 16.6. The van der Waals surface area contributed by atoms with Crippen LogP contribution < -0.4 is 14.2 Å². The molecule has 0 saturated carbocycles. The molecule has 10 heteroatoms. The molecule has 0 atom stereocenters.